The summed E-state index contributed by atoms with van der Waals surface area (Å²) in [6.07, 6.45) is -3.34. The van der Waals surface area contributed by atoms with Crippen molar-refractivity contribution in [3.8, 4) is 0 Å². The quantitative estimate of drug-likeness (QED) is 0.0691. The molecule has 27 heteroatoms. The molecule has 1 aromatic carbocycles. The van der Waals surface area contributed by atoms with Crippen molar-refractivity contribution < 1.29 is 63.1 Å². The first kappa shape index (κ1) is 46.3. The molecule has 1 aromatic rings. The summed E-state index contributed by atoms with van der Waals surface area (Å²) in [5, 5.41) is 44.6. The monoisotopic (exact) mass is 855 g/mol. The molecular formula is C31H41N11O14S2. The average molecular weight is 856 g/mol. The number of nitrogens with zero attached hydrogens (tertiary/aromatic N) is 2. The van der Waals surface area contributed by atoms with Gasteiger partial charge in [-0.25, -0.2) is 0 Å². The van der Waals surface area contributed by atoms with Crippen LogP contribution in [0.25, 0.3) is 0 Å². The van der Waals surface area contributed by atoms with E-state index in [0.717, 1.165) is 38.6 Å². The van der Waals surface area contributed by atoms with E-state index in [0.29, 0.717) is 0 Å². The number of nitro benzene ring substituents is 1. The third-order valence-electron chi connectivity index (χ3n) is 8.33. The van der Waals surface area contributed by atoms with Gasteiger partial charge < -0.3 is 64.2 Å². The maximum absolute atomic E-state index is 13.5. The van der Waals surface area contributed by atoms with Crippen LogP contribution in [0, 0.1) is 10.1 Å². The van der Waals surface area contributed by atoms with Crippen LogP contribution < -0.4 is 49.1 Å². The largest absolute Gasteiger partial charge is 0.481 e. The van der Waals surface area contributed by atoms with E-state index in [1.807, 2.05) is 0 Å². The third kappa shape index (κ3) is 13.8. The van der Waals surface area contributed by atoms with Gasteiger partial charge in [-0.2, -0.15) is 0 Å². The van der Waals surface area contributed by atoms with Crippen LogP contribution in [0.5, 0.6) is 0 Å². The van der Waals surface area contributed by atoms with Crippen LogP contribution in [0.2, 0.25) is 0 Å². The van der Waals surface area contributed by atoms with Crippen LogP contribution in [0.3, 0.4) is 0 Å². The Labute approximate surface area is 335 Å². The minimum absolute atomic E-state index is 0.154. The highest BCUT2D eigenvalue weighted by Gasteiger charge is 2.41. The number of carbonyl (C=O) groups excluding carboxylic acids is 9. The standard InChI is InChI=1S/C31H41N11O14S2/c32-16-11-57-58-12-19(26(34)49)39-29(52)17(6-21(33)44)38-30(53)20-5-15(43)10-41(20)23(46)9-36-31(54)25(13-2-1-3-14(4-13)42(55)56)40-22(45)8-35-28(51)18(7-24(47)48)37-27(16)50/h1-4,15-20,25,43H,5-12,32H2,(H2,33,44)(H2,34,49)(H,35,51)(H,36,54)(H,37,50)(H,38,53)(H,39,52)(H,40,45)(H,47,48)/t15-,16-,17+,18-,19-,20+,25+/m1/s1. The number of benzene rings is 1. The molecule has 0 bridgehead atoms. The zero-order chi connectivity index (χ0) is 43.3. The summed E-state index contributed by atoms with van der Waals surface area (Å²) < 4.78 is 0. The average Bonchev–Trinajstić information content (AvgIpc) is 3.56. The maximum Gasteiger partial charge on any atom is 0.305 e. The molecule has 25 nitrogen and oxygen atoms in total. The van der Waals surface area contributed by atoms with Gasteiger partial charge in [-0.15, -0.1) is 0 Å². The van der Waals surface area contributed by atoms with Crippen LogP contribution in [0.1, 0.15) is 30.9 Å². The Balaban J connectivity index is 1.97. The highest BCUT2D eigenvalue weighted by atomic mass is 33.1. The molecule has 7 atom stereocenters. The Kier molecular flexibility index (Phi) is 17.1. The Bertz CT molecular complexity index is 1820. The molecule has 0 aromatic heterocycles. The first-order chi connectivity index (χ1) is 27.3. The van der Waals surface area contributed by atoms with E-state index in [4.69, 9.17) is 17.2 Å². The second-order valence-electron chi connectivity index (χ2n) is 12.8. The molecule has 0 saturated carbocycles. The smallest absolute Gasteiger partial charge is 0.305 e. The summed E-state index contributed by atoms with van der Waals surface area (Å²) in [6, 6.07) is -4.97. The fourth-order valence-corrected chi connectivity index (χ4v) is 7.75. The van der Waals surface area contributed by atoms with E-state index in [1.54, 1.807) is 0 Å². The lowest BCUT2D eigenvalue weighted by atomic mass is 10.0. The number of carboxylic acids is 1. The number of aliphatic hydroxyl groups is 1. The molecule has 0 spiro atoms. The van der Waals surface area contributed by atoms with Gasteiger partial charge in [-0.1, -0.05) is 33.7 Å². The predicted molar refractivity (Wildman–Crippen MR) is 200 cm³/mol. The number of primary amides is 2. The van der Waals surface area contributed by atoms with E-state index in [2.05, 4.69) is 31.9 Å². The number of aliphatic carboxylic acids is 1. The zero-order valence-electron chi connectivity index (χ0n) is 30.2. The highest BCUT2D eigenvalue weighted by molar-refractivity contribution is 8.76. The number of nitro groups is 1. The van der Waals surface area contributed by atoms with E-state index < -0.39 is 145 Å². The van der Waals surface area contributed by atoms with Crippen molar-refractivity contribution in [1.82, 2.24) is 36.8 Å². The second-order valence-corrected chi connectivity index (χ2v) is 15.3. The van der Waals surface area contributed by atoms with Gasteiger partial charge in [0.05, 0.1) is 43.0 Å². The van der Waals surface area contributed by atoms with Crippen LogP contribution in [0.15, 0.2) is 24.3 Å². The summed E-state index contributed by atoms with van der Waals surface area (Å²) in [6.45, 7) is -2.19. The fourth-order valence-electron chi connectivity index (χ4n) is 5.45. The Morgan fingerprint density at radius 1 is 0.845 bits per heavy atom. The first-order valence-corrected chi connectivity index (χ1v) is 19.5. The number of nitrogens with two attached hydrogens (primary N) is 3. The maximum atomic E-state index is 13.5. The highest BCUT2D eigenvalue weighted by Crippen LogP contribution is 2.24. The molecule has 2 fully saturated rings. The molecule has 0 aliphatic carbocycles. The van der Waals surface area contributed by atoms with Crippen LogP contribution in [-0.2, 0) is 47.9 Å². The molecule has 2 aliphatic rings. The molecule has 9 amide bonds. The Morgan fingerprint density at radius 2 is 1.48 bits per heavy atom. The summed E-state index contributed by atoms with van der Waals surface area (Å²) in [7, 11) is 1.83. The second kappa shape index (κ2) is 21.5. The number of rotatable bonds is 7. The number of hydrogen-bond acceptors (Lipinski definition) is 16. The number of amides is 9. The number of non-ortho nitro benzene ring substituents is 1. The van der Waals surface area contributed by atoms with Gasteiger partial charge in [0.25, 0.3) is 5.69 Å². The van der Waals surface area contributed by atoms with Gasteiger partial charge in [0.1, 0.15) is 30.2 Å². The zero-order valence-corrected chi connectivity index (χ0v) is 31.9. The minimum atomic E-state index is -1.75. The van der Waals surface area contributed by atoms with Gasteiger partial charge >= 0.3 is 5.97 Å². The number of aliphatic hydroxyl groups excluding tert-OH is 1. The van der Waals surface area contributed by atoms with Gasteiger partial charge in [0, 0.05) is 36.6 Å². The predicted octanol–water partition coefficient (Wildman–Crippen LogP) is -6.04. The molecule has 0 unspecified atom stereocenters. The fraction of sp³-hybridized carbons (Fsp3) is 0.484. The summed E-state index contributed by atoms with van der Waals surface area (Å²) >= 11 is 0. The minimum Gasteiger partial charge on any atom is -0.481 e. The lowest BCUT2D eigenvalue weighted by molar-refractivity contribution is -0.384. The van der Waals surface area contributed by atoms with E-state index in [-0.39, 0.29) is 23.5 Å². The molecule has 58 heavy (non-hydrogen) atoms. The normalized spacial score (nSPS) is 26.4. The van der Waals surface area contributed by atoms with Gasteiger partial charge in [-0.3, -0.25) is 58.1 Å². The topological polar surface area (TPSA) is 408 Å². The van der Waals surface area contributed by atoms with Gasteiger partial charge in [0.15, 0.2) is 0 Å². The van der Waals surface area contributed by atoms with Crippen molar-refractivity contribution in [2.45, 2.75) is 61.6 Å². The van der Waals surface area contributed by atoms with Crippen molar-refractivity contribution in [3.63, 3.8) is 0 Å². The molecule has 316 valence electrons. The van der Waals surface area contributed by atoms with E-state index in [9.17, 15) is 68.3 Å². The molecule has 2 saturated heterocycles. The molecule has 0 radical (unpaired) electrons. The summed E-state index contributed by atoms with van der Waals surface area (Å²) in [4.78, 5) is 140. The van der Waals surface area contributed by atoms with Gasteiger partial charge in [0.2, 0.25) is 53.2 Å². The lowest BCUT2D eigenvalue weighted by Gasteiger charge is -2.27. The van der Waals surface area contributed by atoms with Crippen LogP contribution in [0.4, 0.5) is 5.69 Å². The van der Waals surface area contributed by atoms with E-state index in [1.165, 1.54) is 12.1 Å². The molecule has 3 rings (SSSR count). The SMILES string of the molecule is NC(=O)C[C@@H]1NC(=O)[C@@H]2C[C@@H](O)CN2C(=O)CNC(=O)[C@H](c2cccc([N+](=O)[O-])c2)NC(=O)CNC(=O)[C@@H](CC(=O)O)NC(=O)[C@H](N)CSSC[C@H](C(N)=O)NC1=O. The number of fused-ring (bicyclic) bond motifs is 1. The summed E-state index contributed by atoms with van der Waals surface area (Å²) in [5.41, 5.74) is 16.0. The molecule has 2 aliphatic heterocycles. The molecular weight excluding hydrogens is 815 g/mol. The van der Waals surface area contributed by atoms with Gasteiger partial charge in [-0.05, 0) is 5.56 Å². The number of carbonyl (C=O) groups is 10. The number of hydrogen-bond donors (Lipinski definition) is 11. The van der Waals surface area contributed by atoms with Crippen molar-refractivity contribution in [2.24, 2.45) is 17.2 Å². The van der Waals surface area contributed by atoms with Crippen molar-refractivity contribution >= 4 is 86.4 Å². The first-order valence-electron chi connectivity index (χ1n) is 17.0. The van der Waals surface area contributed by atoms with Crippen molar-refractivity contribution in [3.05, 3.63) is 39.9 Å². The van der Waals surface area contributed by atoms with Crippen LogP contribution in [-0.4, -0.2) is 147 Å². The van der Waals surface area contributed by atoms with Crippen LogP contribution >= 0.6 is 21.6 Å². The van der Waals surface area contributed by atoms with Crippen molar-refractivity contribution in [1.29, 1.82) is 0 Å². The third-order valence-corrected chi connectivity index (χ3v) is 10.8. The number of nitrogens with one attached hydrogen (secondary N) is 6. The molecule has 14 N–H and O–H groups in total. The summed E-state index contributed by atoms with van der Waals surface area (Å²) in [5.74, 6) is -11.4. The Hall–Kier alpha value is -6.06. The van der Waals surface area contributed by atoms with E-state index >= 15 is 0 Å². The van der Waals surface area contributed by atoms with Crippen molar-refractivity contribution in [2.75, 3.05) is 31.1 Å². The number of carboxylic acid groups (broad SMARTS) is 1. The molecule has 2 heterocycles. The lowest BCUT2D eigenvalue weighted by Crippen LogP contribution is -2.57. The Morgan fingerprint density at radius 3 is 2.12 bits per heavy atom.